The van der Waals surface area contributed by atoms with Gasteiger partial charge < -0.3 is 19.4 Å². The van der Waals surface area contributed by atoms with E-state index in [1.165, 1.54) is 19.2 Å². The molecule has 0 bridgehead atoms. The van der Waals surface area contributed by atoms with Crippen molar-refractivity contribution >= 4 is 44.2 Å². The molecule has 10 heteroatoms. The number of sulfone groups is 1. The molecular weight excluding hydrogens is 492 g/mol. The second-order valence-corrected chi connectivity index (χ2v) is 10.9. The third-order valence-corrected chi connectivity index (χ3v) is 8.39. The molecule has 0 aliphatic carbocycles. The second-order valence-electron chi connectivity index (χ2n) is 8.37. The monoisotopic (exact) mass is 520 g/mol. The molecule has 0 aliphatic rings. The molecule has 3 rings (SSSR count). The number of carbonyl (C=O) groups excluding carboxylic acids is 2. The number of carbonyl (C=O) groups is 2. The molecule has 0 spiro atoms. The molecule has 3 aromatic rings. The Morgan fingerprint density at radius 3 is 2.37 bits per heavy atom. The van der Waals surface area contributed by atoms with Crippen molar-refractivity contribution in [2.24, 2.45) is 7.05 Å². The Kier molecular flexibility index (Phi) is 8.25. The highest BCUT2D eigenvalue weighted by Crippen LogP contribution is 2.28. The first-order valence-corrected chi connectivity index (χ1v) is 12.9. The molecule has 35 heavy (non-hydrogen) atoms. The highest BCUT2D eigenvalue weighted by atomic mass is 35.5. The van der Waals surface area contributed by atoms with Gasteiger partial charge in [-0.3, -0.25) is 9.59 Å². The number of nitrogens with zero attached hydrogens (tertiary/aromatic N) is 1. The maximum Gasteiger partial charge on any atom is 0.324 e. The first-order chi connectivity index (χ1) is 16.5. The van der Waals surface area contributed by atoms with Crippen molar-refractivity contribution in [3.05, 3.63) is 64.3 Å². The van der Waals surface area contributed by atoms with Crippen molar-refractivity contribution in [1.29, 1.82) is 0 Å². The molecule has 0 saturated heterocycles. The van der Waals surface area contributed by atoms with Crippen LogP contribution in [0, 0.1) is 6.92 Å². The SMILES string of the molecule is COCCC(C(=O)OC)S(=O)(=O)c1ccc(C(C)NC(=O)c2cc3c(Cl)cc(C)cc3n2C)cc1. The van der Waals surface area contributed by atoms with Gasteiger partial charge in [0, 0.05) is 26.2 Å². The second kappa shape index (κ2) is 10.8. The molecular formula is C25H29ClN2O6S. The van der Waals surface area contributed by atoms with E-state index in [9.17, 15) is 18.0 Å². The number of rotatable bonds is 9. The minimum atomic E-state index is -3.98. The average Bonchev–Trinajstić information content (AvgIpc) is 3.15. The number of halogens is 1. The number of ether oxygens (including phenoxy) is 2. The zero-order valence-electron chi connectivity index (χ0n) is 20.3. The number of nitrogens with one attached hydrogen (secondary N) is 1. The zero-order chi connectivity index (χ0) is 25.9. The number of aryl methyl sites for hydroxylation is 2. The van der Waals surface area contributed by atoms with Crippen LogP contribution < -0.4 is 5.32 Å². The number of amides is 1. The molecule has 0 saturated carbocycles. The van der Waals surface area contributed by atoms with Crippen molar-refractivity contribution in [2.45, 2.75) is 36.5 Å². The molecule has 188 valence electrons. The van der Waals surface area contributed by atoms with Crippen LogP contribution in [0.1, 0.15) is 41.0 Å². The molecule has 1 N–H and O–H groups in total. The van der Waals surface area contributed by atoms with Crippen LogP contribution in [0.2, 0.25) is 5.02 Å². The third kappa shape index (κ3) is 5.52. The molecule has 2 atom stereocenters. The van der Waals surface area contributed by atoms with Crippen molar-refractivity contribution < 1.29 is 27.5 Å². The summed E-state index contributed by atoms with van der Waals surface area (Å²) in [5.41, 5.74) is 3.01. The molecule has 2 aromatic carbocycles. The summed E-state index contributed by atoms with van der Waals surface area (Å²) >= 11 is 6.35. The standard InChI is InChI=1S/C25H29ClN2O6S/c1-15-12-20(26)19-14-22(28(3)21(19)13-15)24(29)27-16(2)17-6-8-18(9-7-17)35(31,32)23(10-11-33-4)25(30)34-5/h6-9,12-14,16,23H,10-11H2,1-5H3,(H,27,29). The minimum absolute atomic E-state index is 0.00928. The van der Waals surface area contributed by atoms with Gasteiger partial charge in [-0.2, -0.15) is 0 Å². The van der Waals surface area contributed by atoms with Gasteiger partial charge >= 0.3 is 5.97 Å². The number of methoxy groups -OCH3 is 2. The van der Waals surface area contributed by atoms with E-state index in [0.29, 0.717) is 16.3 Å². The Morgan fingerprint density at radius 2 is 1.77 bits per heavy atom. The summed E-state index contributed by atoms with van der Waals surface area (Å²) in [5, 5.41) is 2.95. The predicted molar refractivity (Wildman–Crippen MR) is 134 cm³/mol. The smallest absolute Gasteiger partial charge is 0.324 e. The first-order valence-electron chi connectivity index (χ1n) is 11.0. The van der Waals surface area contributed by atoms with E-state index in [4.69, 9.17) is 16.3 Å². The van der Waals surface area contributed by atoms with Crippen LogP contribution >= 0.6 is 11.6 Å². The lowest BCUT2D eigenvalue weighted by molar-refractivity contribution is -0.140. The number of hydrogen-bond acceptors (Lipinski definition) is 6. The van der Waals surface area contributed by atoms with Gasteiger partial charge in [-0.15, -0.1) is 0 Å². The number of hydrogen-bond donors (Lipinski definition) is 1. The highest BCUT2D eigenvalue weighted by Gasteiger charge is 2.34. The summed E-state index contributed by atoms with van der Waals surface area (Å²) in [6.45, 7) is 3.84. The van der Waals surface area contributed by atoms with Gasteiger partial charge in [0.05, 0.1) is 28.6 Å². The summed E-state index contributed by atoms with van der Waals surface area (Å²) in [7, 11) is 0.404. The largest absolute Gasteiger partial charge is 0.468 e. The normalized spacial score (nSPS) is 13.4. The maximum atomic E-state index is 13.0. The summed E-state index contributed by atoms with van der Waals surface area (Å²) in [4.78, 5) is 25.1. The fraction of sp³-hybridized carbons (Fsp3) is 0.360. The van der Waals surface area contributed by atoms with Gasteiger partial charge in [-0.25, -0.2) is 8.42 Å². The van der Waals surface area contributed by atoms with E-state index in [0.717, 1.165) is 23.6 Å². The molecule has 8 nitrogen and oxygen atoms in total. The highest BCUT2D eigenvalue weighted by molar-refractivity contribution is 7.92. The van der Waals surface area contributed by atoms with Crippen molar-refractivity contribution in [1.82, 2.24) is 9.88 Å². The number of benzene rings is 2. The van der Waals surface area contributed by atoms with Gasteiger partial charge in [0.25, 0.3) is 5.91 Å². The van der Waals surface area contributed by atoms with Crippen LogP contribution in [0.3, 0.4) is 0 Å². The molecule has 0 fully saturated rings. The molecule has 1 amide bonds. The number of fused-ring (bicyclic) bond motifs is 1. The van der Waals surface area contributed by atoms with E-state index in [2.05, 4.69) is 10.1 Å². The van der Waals surface area contributed by atoms with Crippen LogP contribution in [0.4, 0.5) is 0 Å². The van der Waals surface area contributed by atoms with E-state index in [1.54, 1.807) is 36.7 Å². The summed E-state index contributed by atoms with van der Waals surface area (Å²) < 4.78 is 37.4. The minimum Gasteiger partial charge on any atom is -0.468 e. The lowest BCUT2D eigenvalue weighted by Crippen LogP contribution is -2.32. The van der Waals surface area contributed by atoms with Crippen LogP contribution in [-0.2, 0) is 31.2 Å². The molecule has 1 aromatic heterocycles. The Bertz CT molecular complexity index is 1350. The lowest BCUT2D eigenvalue weighted by atomic mass is 10.1. The zero-order valence-corrected chi connectivity index (χ0v) is 21.9. The fourth-order valence-electron chi connectivity index (χ4n) is 3.96. The number of aromatic nitrogens is 1. The van der Waals surface area contributed by atoms with Crippen LogP contribution in [0.15, 0.2) is 47.4 Å². The summed E-state index contributed by atoms with van der Waals surface area (Å²) in [6, 6.07) is 11.2. The van der Waals surface area contributed by atoms with Crippen molar-refractivity contribution in [3.63, 3.8) is 0 Å². The maximum absolute atomic E-state index is 13.0. The molecule has 0 aliphatic heterocycles. The number of esters is 1. The van der Waals surface area contributed by atoms with Crippen molar-refractivity contribution in [3.8, 4) is 0 Å². The molecule has 0 radical (unpaired) electrons. The Labute approximate surface area is 210 Å². The van der Waals surface area contributed by atoms with Crippen LogP contribution in [0.5, 0.6) is 0 Å². The summed E-state index contributed by atoms with van der Waals surface area (Å²) in [6.07, 6.45) is -0.0196. The van der Waals surface area contributed by atoms with Crippen LogP contribution in [-0.4, -0.2) is 50.9 Å². The quantitative estimate of drug-likeness (QED) is 0.428. The van der Waals surface area contributed by atoms with Gasteiger partial charge in [-0.05, 0) is 61.7 Å². The van der Waals surface area contributed by atoms with E-state index in [-0.39, 0.29) is 23.8 Å². The van der Waals surface area contributed by atoms with Gasteiger partial charge in [-0.1, -0.05) is 23.7 Å². The van der Waals surface area contributed by atoms with Crippen LogP contribution in [0.25, 0.3) is 10.9 Å². The van der Waals surface area contributed by atoms with E-state index in [1.807, 2.05) is 19.1 Å². The topological polar surface area (TPSA) is 104 Å². The van der Waals surface area contributed by atoms with Gasteiger partial charge in [0.15, 0.2) is 15.1 Å². The molecule has 1 heterocycles. The lowest BCUT2D eigenvalue weighted by Gasteiger charge is -2.17. The van der Waals surface area contributed by atoms with Gasteiger partial charge in [0.2, 0.25) is 0 Å². The predicted octanol–water partition coefficient (Wildman–Crippen LogP) is 3.98. The van der Waals surface area contributed by atoms with E-state index < -0.39 is 27.1 Å². The third-order valence-electron chi connectivity index (χ3n) is 5.97. The summed E-state index contributed by atoms with van der Waals surface area (Å²) in [5.74, 6) is -1.12. The Morgan fingerprint density at radius 1 is 1.11 bits per heavy atom. The van der Waals surface area contributed by atoms with Crippen molar-refractivity contribution in [2.75, 3.05) is 20.8 Å². The fourth-order valence-corrected chi connectivity index (χ4v) is 5.88. The van der Waals surface area contributed by atoms with E-state index >= 15 is 0 Å². The average molecular weight is 521 g/mol. The Hall–Kier alpha value is -2.88. The Balaban J connectivity index is 1.80. The van der Waals surface area contributed by atoms with Gasteiger partial charge in [0.1, 0.15) is 5.69 Å². The first kappa shape index (κ1) is 26.7. The molecule has 2 unspecified atom stereocenters.